The second kappa shape index (κ2) is 7.34. The molecule has 11 nitrogen and oxygen atoms in total. The van der Waals surface area contributed by atoms with Gasteiger partial charge in [0.15, 0.2) is 0 Å². The molecule has 1 aliphatic heterocycles. The summed E-state index contributed by atoms with van der Waals surface area (Å²) in [5, 5.41) is 26.3. The molecule has 154 valence electrons. The molecule has 2 aromatic carbocycles. The van der Waals surface area contributed by atoms with Crippen LogP contribution in [0.25, 0.3) is 11.4 Å². The largest absolute Gasteiger partial charge is 0.337 e. The predicted molar refractivity (Wildman–Crippen MR) is 104 cm³/mol. The number of carbonyl (C=O) groups is 2. The number of nitrogens with one attached hydrogen (secondary N) is 1. The number of nitro groups is 1. The van der Waals surface area contributed by atoms with E-state index in [1.807, 2.05) is 6.07 Å². The summed E-state index contributed by atoms with van der Waals surface area (Å²) in [7, 11) is 0. The highest BCUT2D eigenvalue weighted by Gasteiger charge is 2.49. The van der Waals surface area contributed by atoms with Gasteiger partial charge in [0, 0.05) is 17.7 Å². The van der Waals surface area contributed by atoms with Gasteiger partial charge >= 0.3 is 6.03 Å². The van der Waals surface area contributed by atoms with Gasteiger partial charge in [-0.25, -0.2) is 4.79 Å². The molecule has 4 rings (SSSR count). The lowest BCUT2D eigenvalue weighted by Crippen LogP contribution is -2.40. The van der Waals surface area contributed by atoms with Crippen LogP contribution in [0.4, 0.5) is 10.5 Å². The van der Waals surface area contributed by atoms with Gasteiger partial charge in [-0.3, -0.25) is 19.8 Å². The van der Waals surface area contributed by atoms with Crippen LogP contribution < -0.4 is 5.32 Å². The van der Waals surface area contributed by atoms with Crippen molar-refractivity contribution < 1.29 is 19.0 Å². The van der Waals surface area contributed by atoms with E-state index in [0.29, 0.717) is 16.7 Å². The molecule has 11 heteroatoms. The van der Waals surface area contributed by atoms with Crippen molar-refractivity contribution in [3.8, 4) is 17.5 Å². The van der Waals surface area contributed by atoms with Crippen molar-refractivity contribution >= 4 is 17.6 Å². The maximum atomic E-state index is 13.0. The maximum absolute atomic E-state index is 13.0. The fourth-order valence-corrected chi connectivity index (χ4v) is 3.24. The Morgan fingerprint density at radius 3 is 2.68 bits per heavy atom. The molecule has 3 amide bonds. The zero-order valence-corrected chi connectivity index (χ0v) is 16.1. The van der Waals surface area contributed by atoms with Crippen molar-refractivity contribution in [1.29, 1.82) is 5.26 Å². The average molecular weight is 418 g/mol. The number of urea groups is 1. The van der Waals surface area contributed by atoms with E-state index in [-0.39, 0.29) is 23.9 Å². The molecule has 0 saturated carbocycles. The van der Waals surface area contributed by atoms with Crippen molar-refractivity contribution in [3.05, 3.63) is 75.7 Å². The summed E-state index contributed by atoms with van der Waals surface area (Å²) in [4.78, 5) is 41.0. The van der Waals surface area contributed by atoms with Crippen molar-refractivity contribution in [2.75, 3.05) is 0 Å². The summed E-state index contributed by atoms with van der Waals surface area (Å²) in [5.41, 5.74) is -0.121. The summed E-state index contributed by atoms with van der Waals surface area (Å²) >= 11 is 0. The summed E-state index contributed by atoms with van der Waals surface area (Å²) in [6.07, 6.45) is 0. The predicted octanol–water partition coefficient (Wildman–Crippen LogP) is 2.48. The average Bonchev–Trinajstić information content (AvgIpc) is 3.33. The molecule has 0 radical (unpaired) electrons. The number of imide groups is 1. The van der Waals surface area contributed by atoms with Crippen molar-refractivity contribution in [1.82, 2.24) is 20.4 Å². The number of rotatable bonds is 5. The van der Waals surface area contributed by atoms with Crippen LogP contribution in [0.2, 0.25) is 0 Å². The summed E-state index contributed by atoms with van der Waals surface area (Å²) in [5.74, 6) is -0.424. The Labute approximate surface area is 175 Å². The van der Waals surface area contributed by atoms with Crippen LogP contribution in [0, 0.1) is 21.4 Å². The number of hydrogen-bond acceptors (Lipinski definition) is 8. The molecule has 1 N–H and O–H groups in total. The van der Waals surface area contributed by atoms with Gasteiger partial charge in [-0.1, -0.05) is 29.4 Å². The number of aromatic nitrogens is 2. The van der Waals surface area contributed by atoms with Gasteiger partial charge in [0.1, 0.15) is 12.1 Å². The highest BCUT2D eigenvalue weighted by atomic mass is 16.6. The van der Waals surface area contributed by atoms with Crippen LogP contribution in [0.1, 0.15) is 23.9 Å². The molecule has 31 heavy (non-hydrogen) atoms. The molecule has 0 bridgehead atoms. The molecule has 3 aromatic rings. The molecule has 1 aliphatic rings. The Morgan fingerprint density at radius 2 is 2.00 bits per heavy atom. The number of nitrogens with zero attached hydrogens (tertiary/aromatic N) is 5. The lowest BCUT2D eigenvalue weighted by atomic mass is 9.91. The van der Waals surface area contributed by atoms with Crippen LogP contribution in [-0.4, -0.2) is 31.9 Å². The summed E-state index contributed by atoms with van der Waals surface area (Å²) in [6.45, 7) is 1.30. The van der Waals surface area contributed by atoms with Crippen LogP contribution in [0.15, 0.2) is 53.1 Å². The van der Waals surface area contributed by atoms with E-state index < -0.39 is 22.4 Å². The summed E-state index contributed by atoms with van der Waals surface area (Å²) in [6, 6.07) is 13.4. The number of non-ortho nitro benzene ring substituents is 1. The first-order valence-electron chi connectivity index (χ1n) is 9.04. The molecule has 1 aromatic heterocycles. The number of nitro benzene ring substituents is 1. The molecule has 1 atom stereocenters. The van der Waals surface area contributed by atoms with E-state index >= 15 is 0 Å². The van der Waals surface area contributed by atoms with Crippen molar-refractivity contribution in [2.24, 2.45) is 0 Å². The first kappa shape index (κ1) is 19.7. The molecule has 2 heterocycles. The van der Waals surface area contributed by atoms with Crippen molar-refractivity contribution in [3.63, 3.8) is 0 Å². The Morgan fingerprint density at radius 1 is 1.26 bits per heavy atom. The number of amides is 3. The Bertz CT molecular complexity index is 1250. The van der Waals surface area contributed by atoms with E-state index in [9.17, 15) is 19.7 Å². The third-order valence-corrected chi connectivity index (χ3v) is 4.94. The normalized spacial score (nSPS) is 18.0. The van der Waals surface area contributed by atoms with Gasteiger partial charge in [-0.2, -0.15) is 10.2 Å². The fourth-order valence-electron chi connectivity index (χ4n) is 3.24. The second-order valence-electron chi connectivity index (χ2n) is 6.95. The SMILES string of the molecule is CC1(c2ccc(C#N)cc2)NC(=O)N(Cc2nc(-c3cccc([N+](=O)[O-])c3)no2)C1=O. The topological polar surface area (TPSA) is 155 Å². The number of hydrogen-bond donors (Lipinski definition) is 1. The van der Waals surface area contributed by atoms with Gasteiger partial charge < -0.3 is 9.84 Å². The van der Waals surface area contributed by atoms with Crippen LogP contribution in [0.3, 0.4) is 0 Å². The first-order chi connectivity index (χ1) is 14.8. The highest BCUT2D eigenvalue weighted by molar-refractivity contribution is 6.07. The van der Waals surface area contributed by atoms with Gasteiger partial charge in [0.2, 0.25) is 11.7 Å². The van der Waals surface area contributed by atoms with Gasteiger partial charge in [-0.05, 0) is 24.6 Å². The standard InChI is InChI=1S/C20H14N6O5/c1-20(14-7-5-12(10-21)6-8-14)18(27)25(19(28)23-20)11-16-22-17(24-31-16)13-3-2-4-15(9-13)26(29)30/h2-9H,11H2,1H3,(H,23,28). The second-order valence-corrected chi connectivity index (χ2v) is 6.95. The Kier molecular flexibility index (Phi) is 4.67. The minimum Gasteiger partial charge on any atom is -0.337 e. The first-order valence-corrected chi connectivity index (χ1v) is 9.04. The lowest BCUT2D eigenvalue weighted by Gasteiger charge is -2.21. The molecular weight excluding hydrogens is 404 g/mol. The highest BCUT2D eigenvalue weighted by Crippen LogP contribution is 2.30. The van der Waals surface area contributed by atoms with E-state index in [4.69, 9.17) is 9.78 Å². The number of carbonyl (C=O) groups excluding carboxylic acids is 2. The van der Waals surface area contributed by atoms with E-state index in [1.54, 1.807) is 37.3 Å². The third kappa shape index (κ3) is 3.46. The quantitative estimate of drug-likeness (QED) is 0.376. The lowest BCUT2D eigenvalue weighted by molar-refractivity contribution is -0.384. The van der Waals surface area contributed by atoms with Gasteiger partial charge in [0.25, 0.3) is 11.6 Å². The Balaban J connectivity index is 1.56. The smallest absolute Gasteiger partial charge is 0.325 e. The monoisotopic (exact) mass is 418 g/mol. The number of nitriles is 1. The van der Waals surface area contributed by atoms with Gasteiger partial charge in [0.05, 0.1) is 16.6 Å². The van der Waals surface area contributed by atoms with Crippen molar-refractivity contribution in [2.45, 2.75) is 19.0 Å². The van der Waals surface area contributed by atoms with Gasteiger partial charge in [-0.15, -0.1) is 0 Å². The maximum Gasteiger partial charge on any atom is 0.325 e. The number of benzene rings is 2. The minimum absolute atomic E-state index is 0.00548. The molecule has 0 spiro atoms. The molecule has 1 saturated heterocycles. The zero-order chi connectivity index (χ0) is 22.2. The van der Waals surface area contributed by atoms with E-state index in [1.165, 1.54) is 18.2 Å². The molecule has 1 fully saturated rings. The minimum atomic E-state index is -1.31. The molecular formula is C20H14N6O5. The molecule has 1 unspecified atom stereocenters. The van der Waals surface area contributed by atoms with Crippen LogP contribution >= 0.6 is 0 Å². The summed E-state index contributed by atoms with van der Waals surface area (Å²) < 4.78 is 5.14. The van der Waals surface area contributed by atoms with Crippen LogP contribution in [0.5, 0.6) is 0 Å². The zero-order valence-electron chi connectivity index (χ0n) is 16.1. The van der Waals surface area contributed by atoms with Crippen LogP contribution in [-0.2, 0) is 16.9 Å². The van der Waals surface area contributed by atoms with E-state index in [0.717, 1.165) is 4.90 Å². The Hall–Kier alpha value is -4.59. The third-order valence-electron chi connectivity index (χ3n) is 4.94. The fraction of sp³-hybridized carbons (Fsp3) is 0.150. The van der Waals surface area contributed by atoms with E-state index in [2.05, 4.69) is 15.5 Å². The molecule has 0 aliphatic carbocycles.